The van der Waals surface area contributed by atoms with Crippen LogP contribution in [-0.4, -0.2) is 28.6 Å². The first kappa shape index (κ1) is 11.7. The van der Waals surface area contributed by atoms with E-state index in [0.717, 1.165) is 29.1 Å². The first-order chi connectivity index (χ1) is 9.72. The molecule has 102 valence electrons. The standard InChI is InChI=1S/C16H16N2O2/c19-16(20)13-5-6-17-15-4-3-12(8-14(13)15)18-9-10-1-2-11(18)7-10/h3-6,8,10-11H,1-2,7,9H2,(H,19,20)/t10-,11+/m1/s1. The molecular formula is C16H16N2O2. The number of carbonyl (C=O) groups is 1. The van der Waals surface area contributed by atoms with Gasteiger partial charge in [-0.25, -0.2) is 4.79 Å². The maximum absolute atomic E-state index is 11.3. The number of rotatable bonds is 2. The Labute approximate surface area is 117 Å². The highest BCUT2D eigenvalue weighted by atomic mass is 16.4. The number of pyridine rings is 1. The zero-order valence-corrected chi connectivity index (χ0v) is 11.1. The molecule has 4 rings (SSSR count). The van der Waals surface area contributed by atoms with Crippen LogP contribution in [0.3, 0.4) is 0 Å². The summed E-state index contributed by atoms with van der Waals surface area (Å²) in [4.78, 5) is 18.0. The van der Waals surface area contributed by atoms with Gasteiger partial charge in [-0.3, -0.25) is 4.98 Å². The minimum atomic E-state index is -0.891. The fourth-order valence-electron chi connectivity index (χ4n) is 3.74. The molecule has 1 N–H and O–H groups in total. The van der Waals surface area contributed by atoms with Crippen molar-refractivity contribution in [2.24, 2.45) is 5.92 Å². The Morgan fingerprint density at radius 3 is 2.90 bits per heavy atom. The Morgan fingerprint density at radius 2 is 2.20 bits per heavy atom. The third-order valence-electron chi connectivity index (χ3n) is 4.70. The second-order valence-corrected chi connectivity index (χ2v) is 5.85. The normalized spacial score (nSPS) is 24.5. The summed E-state index contributed by atoms with van der Waals surface area (Å²) in [5, 5.41) is 10.0. The molecular weight excluding hydrogens is 252 g/mol. The molecule has 1 aliphatic heterocycles. The third-order valence-corrected chi connectivity index (χ3v) is 4.70. The van der Waals surface area contributed by atoms with Crippen LogP contribution in [0.5, 0.6) is 0 Å². The number of carboxylic acid groups (broad SMARTS) is 1. The number of carboxylic acids is 1. The Bertz CT molecular complexity index is 698. The van der Waals surface area contributed by atoms with Gasteiger partial charge in [0.15, 0.2) is 0 Å². The van der Waals surface area contributed by atoms with Crippen LogP contribution in [0.1, 0.15) is 29.6 Å². The van der Waals surface area contributed by atoms with Gasteiger partial charge in [0.1, 0.15) is 0 Å². The lowest BCUT2D eigenvalue weighted by Crippen LogP contribution is -2.31. The van der Waals surface area contributed by atoms with E-state index in [9.17, 15) is 9.90 Å². The van der Waals surface area contributed by atoms with E-state index in [2.05, 4.69) is 16.0 Å². The van der Waals surface area contributed by atoms with Crippen LogP contribution in [0, 0.1) is 5.92 Å². The van der Waals surface area contributed by atoms with Gasteiger partial charge in [0.25, 0.3) is 0 Å². The Balaban J connectivity index is 1.82. The maximum atomic E-state index is 11.3. The van der Waals surface area contributed by atoms with Crippen molar-refractivity contribution in [2.75, 3.05) is 11.4 Å². The molecule has 1 aromatic heterocycles. The number of hydrogen-bond acceptors (Lipinski definition) is 3. The monoisotopic (exact) mass is 268 g/mol. The van der Waals surface area contributed by atoms with Gasteiger partial charge in [-0.15, -0.1) is 0 Å². The van der Waals surface area contributed by atoms with Gasteiger partial charge in [0.2, 0.25) is 0 Å². The summed E-state index contributed by atoms with van der Waals surface area (Å²) in [6.07, 6.45) is 5.46. The summed E-state index contributed by atoms with van der Waals surface area (Å²) in [5.74, 6) is -0.0685. The minimum absolute atomic E-state index is 0.334. The summed E-state index contributed by atoms with van der Waals surface area (Å²) in [5.41, 5.74) is 2.22. The average Bonchev–Trinajstić information content (AvgIpc) is 3.08. The summed E-state index contributed by atoms with van der Waals surface area (Å²) >= 11 is 0. The van der Waals surface area contributed by atoms with E-state index in [0.29, 0.717) is 11.6 Å². The van der Waals surface area contributed by atoms with E-state index >= 15 is 0 Å². The molecule has 2 aliphatic rings. The molecule has 4 heteroatoms. The van der Waals surface area contributed by atoms with E-state index in [1.807, 2.05) is 12.1 Å². The molecule has 0 unspecified atom stereocenters. The van der Waals surface area contributed by atoms with E-state index in [-0.39, 0.29) is 0 Å². The van der Waals surface area contributed by atoms with Crippen molar-refractivity contribution in [2.45, 2.75) is 25.3 Å². The summed E-state index contributed by atoms with van der Waals surface area (Å²) in [6.45, 7) is 1.11. The maximum Gasteiger partial charge on any atom is 0.336 e. The van der Waals surface area contributed by atoms with Crippen LogP contribution in [0.25, 0.3) is 10.9 Å². The highest BCUT2D eigenvalue weighted by molar-refractivity contribution is 6.03. The third kappa shape index (κ3) is 1.68. The topological polar surface area (TPSA) is 53.4 Å². The number of nitrogens with zero attached hydrogens (tertiary/aromatic N) is 2. The fraction of sp³-hybridized carbons (Fsp3) is 0.375. The minimum Gasteiger partial charge on any atom is -0.478 e. The number of aromatic nitrogens is 1. The molecule has 2 fully saturated rings. The second-order valence-electron chi connectivity index (χ2n) is 5.85. The highest BCUT2D eigenvalue weighted by Gasteiger charge is 2.37. The Hall–Kier alpha value is -2.10. The molecule has 1 aliphatic carbocycles. The van der Waals surface area contributed by atoms with E-state index in [4.69, 9.17) is 0 Å². The van der Waals surface area contributed by atoms with Crippen molar-refractivity contribution in [3.63, 3.8) is 0 Å². The summed E-state index contributed by atoms with van der Waals surface area (Å²) in [6, 6.07) is 8.21. The summed E-state index contributed by atoms with van der Waals surface area (Å²) in [7, 11) is 0. The summed E-state index contributed by atoms with van der Waals surface area (Å²) < 4.78 is 0. The molecule has 0 radical (unpaired) electrons. The fourth-order valence-corrected chi connectivity index (χ4v) is 3.74. The van der Waals surface area contributed by atoms with Crippen molar-refractivity contribution < 1.29 is 9.90 Å². The van der Waals surface area contributed by atoms with E-state index in [1.54, 1.807) is 12.3 Å². The van der Waals surface area contributed by atoms with Gasteiger partial charge in [-0.05, 0) is 49.4 Å². The Morgan fingerprint density at radius 1 is 1.30 bits per heavy atom. The van der Waals surface area contributed by atoms with Gasteiger partial charge in [0, 0.05) is 29.9 Å². The molecule has 0 spiro atoms. The number of aromatic carboxylic acids is 1. The Kier molecular flexibility index (Phi) is 2.46. The van der Waals surface area contributed by atoms with Gasteiger partial charge < -0.3 is 10.0 Å². The van der Waals surface area contributed by atoms with Crippen LogP contribution in [0.2, 0.25) is 0 Å². The van der Waals surface area contributed by atoms with Gasteiger partial charge in [-0.2, -0.15) is 0 Å². The molecule has 1 saturated heterocycles. The number of fused-ring (bicyclic) bond motifs is 3. The van der Waals surface area contributed by atoms with Crippen molar-refractivity contribution in [1.29, 1.82) is 0 Å². The molecule has 0 amide bonds. The zero-order valence-electron chi connectivity index (χ0n) is 11.1. The predicted octanol–water partition coefficient (Wildman–Crippen LogP) is 2.92. The van der Waals surface area contributed by atoms with Gasteiger partial charge in [-0.1, -0.05) is 0 Å². The lowest BCUT2D eigenvalue weighted by atomic mass is 10.1. The lowest BCUT2D eigenvalue weighted by molar-refractivity contribution is 0.0699. The molecule has 20 heavy (non-hydrogen) atoms. The second kappa shape index (κ2) is 4.20. The molecule has 1 saturated carbocycles. The van der Waals surface area contributed by atoms with Crippen molar-refractivity contribution in [1.82, 2.24) is 4.98 Å². The van der Waals surface area contributed by atoms with Crippen LogP contribution >= 0.6 is 0 Å². The van der Waals surface area contributed by atoms with Crippen LogP contribution in [-0.2, 0) is 0 Å². The first-order valence-corrected chi connectivity index (χ1v) is 7.11. The molecule has 2 atom stereocenters. The molecule has 1 aromatic carbocycles. The van der Waals surface area contributed by atoms with Gasteiger partial charge in [0.05, 0.1) is 11.1 Å². The van der Waals surface area contributed by atoms with Crippen molar-refractivity contribution in [3.05, 3.63) is 36.0 Å². The molecule has 4 nitrogen and oxygen atoms in total. The number of benzene rings is 1. The number of anilines is 1. The van der Waals surface area contributed by atoms with Crippen LogP contribution in [0.4, 0.5) is 5.69 Å². The first-order valence-electron chi connectivity index (χ1n) is 7.11. The molecule has 2 heterocycles. The van der Waals surface area contributed by atoms with Crippen LogP contribution in [0.15, 0.2) is 30.5 Å². The van der Waals surface area contributed by atoms with Crippen molar-refractivity contribution >= 4 is 22.6 Å². The highest BCUT2D eigenvalue weighted by Crippen LogP contribution is 2.40. The van der Waals surface area contributed by atoms with E-state index < -0.39 is 5.97 Å². The molecule has 2 aromatic rings. The van der Waals surface area contributed by atoms with Gasteiger partial charge >= 0.3 is 5.97 Å². The van der Waals surface area contributed by atoms with Crippen molar-refractivity contribution in [3.8, 4) is 0 Å². The molecule has 2 bridgehead atoms. The van der Waals surface area contributed by atoms with E-state index in [1.165, 1.54) is 19.3 Å². The smallest absolute Gasteiger partial charge is 0.336 e. The zero-order chi connectivity index (χ0) is 13.7. The number of hydrogen-bond donors (Lipinski definition) is 1. The largest absolute Gasteiger partial charge is 0.478 e. The van der Waals surface area contributed by atoms with Crippen LogP contribution < -0.4 is 4.90 Å². The number of piperidine rings is 1. The SMILES string of the molecule is O=C(O)c1ccnc2ccc(N3C[C@@H]4CC[C@H]3C4)cc12. The predicted molar refractivity (Wildman–Crippen MR) is 77.2 cm³/mol. The average molecular weight is 268 g/mol. The lowest BCUT2D eigenvalue weighted by Gasteiger charge is -2.29. The quantitative estimate of drug-likeness (QED) is 0.910.